The Kier molecular flexibility index (Phi) is 9.51. The molecule has 3 N–H and O–H groups in total. The second-order valence-corrected chi connectivity index (χ2v) is 7.29. The van der Waals surface area contributed by atoms with E-state index >= 15 is 0 Å². The van der Waals surface area contributed by atoms with Crippen LogP contribution in [0.4, 0.5) is 5.69 Å². The van der Waals surface area contributed by atoms with Crippen LogP contribution in [-0.4, -0.2) is 51.3 Å². The largest absolute Gasteiger partial charge is 0.494 e. The molecule has 0 atom stereocenters. The number of nitrogens with one attached hydrogen (secondary N) is 3. The molecule has 1 amide bonds. The van der Waals surface area contributed by atoms with Gasteiger partial charge < -0.3 is 30.2 Å². The molecule has 32 heavy (non-hydrogen) atoms. The van der Waals surface area contributed by atoms with Crippen molar-refractivity contribution in [3.05, 3.63) is 48.5 Å². The van der Waals surface area contributed by atoms with Crippen molar-refractivity contribution in [2.45, 2.75) is 26.2 Å². The molecular formula is C24H32N4O4. The third-order valence-electron chi connectivity index (χ3n) is 4.59. The molecule has 0 unspecified atom stereocenters. The van der Waals surface area contributed by atoms with Gasteiger partial charge >= 0.3 is 0 Å². The van der Waals surface area contributed by atoms with E-state index in [1.807, 2.05) is 55.5 Å². The summed E-state index contributed by atoms with van der Waals surface area (Å²) in [6.45, 7) is 5.18. The third-order valence-corrected chi connectivity index (χ3v) is 4.59. The lowest BCUT2D eigenvalue weighted by Gasteiger charge is -2.15. The maximum Gasteiger partial charge on any atom is 0.241 e. The molecule has 1 heterocycles. The molecule has 0 bridgehead atoms. The van der Waals surface area contributed by atoms with Crippen molar-refractivity contribution in [2.24, 2.45) is 4.99 Å². The summed E-state index contributed by atoms with van der Waals surface area (Å²) in [6, 6.07) is 15.4. The normalized spacial score (nSPS) is 13.1. The number of hydrogen-bond donors (Lipinski definition) is 3. The Balaban J connectivity index is 1.56. The Bertz CT molecular complexity index is 874. The first-order valence-electron chi connectivity index (χ1n) is 11.1. The van der Waals surface area contributed by atoms with Gasteiger partial charge in [0.15, 0.2) is 17.5 Å². The van der Waals surface area contributed by atoms with E-state index in [4.69, 9.17) is 14.2 Å². The van der Waals surface area contributed by atoms with Gasteiger partial charge in [-0.05, 0) is 37.1 Å². The molecule has 3 rings (SSSR count). The molecule has 172 valence electrons. The van der Waals surface area contributed by atoms with Crippen molar-refractivity contribution in [2.75, 3.05) is 44.8 Å². The molecule has 1 aliphatic heterocycles. The van der Waals surface area contributed by atoms with Crippen LogP contribution in [0, 0.1) is 0 Å². The highest BCUT2D eigenvalue weighted by atomic mass is 16.5. The summed E-state index contributed by atoms with van der Waals surface area (Å²) in [6.07, 6.45) is 2.51. The summed E-state index contributed by atoms with van der Waals surface area (Å²) >= 11 is 0. The summed E-state index contributed by atoms with van der Waals surface area (Å²) in [5.41, 5.74) is 0.801. The smallest absolute Gasteiger partial charge is 0.241 e. The summed E-state index contributed by atoms with van der Waals surface area (Å²) in [5.74, 6) is 2.68. The number of fused-ring (bicyclic) bond motifs is 1. The number of guanidine groups is 1. The fourth-order valence-corrected chi connectivity index (χ4v) is 2.97. The van der Waals surface area contributed by atoms with E-state index < -0.39 is 0 Å². The quantitative estimate of drug-likeness (QED) is 0.298. The van der Waals surface area contributed by atoms with Gasteiger partial charge in [0.1, 0.15) is 12.3 Å². The maximum absolute atomic E-state index is 12.0. The minimum atomic E-state index is -0.112. The predicted molar refractivity (Wildman–Crippen MR) is 126 cm³/mol. The zero-order valence-corrected chi connectivity index (χ0v) is 18.6. The lowest BCUT2D eigenvalue weighted by atomic mass is 10.2. The second kappa shape index (κ2) is 13.1. The highest BCUT2D eigenvalue weighted by molar-refractivity contribution is 5.95. The Morgan fingerprint density at radius 1 is 1.03 bits per heavy atom. The lowest BCUT2D eigenvalue weighted by Crippen LogP contribution is -2.34. The van der Waals surface area contributed by atoms with Gasteiger partial charge in [-0.25, -0.2) is 4.99 Å². The zero-order valence-electron chi connectivity index (χ0n) is 18.6. The number of aliphatic imine (C=N–C) groups is 1. The molecule has 0 spiro atoms. The van der Waals surface area contributed by atoms with Crippen molar-refractivity contribution < 1.29 is 19.0 Å². The first kappa shape index (κ1) is 23.2. The summed E-state index contributed by atoms with van der Waals surface area (Å²) < 4.78 is 17.2. The molecule has 0 radical (unpaired) electrons. The molecule has 0 aromatic heterocycles. The lowest BCUT2D eigenvalue weighted by molar-refractivity contribution is -0.119. The van der Waals surface area contributed by atoms with Crippen molar-refractivity contribution in [1.82, 2.24) is 10.6 Å². The van der Waals surface area contributed by atoms with Gasteiger partial charge in [-0.2, -0.15) is 0 Å². The van der Waals surface area contributed by atoms with Gasteiger partial charge in [-0.15, -0.1) is 0 Å². The number of para-hydroxylation sites is 1. The molecule has 2 aromatic rings. The van der Waals surface area contributed by atoms with E-state index in [-0.39, 0.29) is 12.5 Å². The predicted octanol–water partition coefficient (Wildman–Crippen LogP) is 3.20. The van der Waals surface area contributed by atoms with E-state index in [1.165, 1.54) is 0 Å². The van der Waals surface area contributed by atoms with E-state index in [9.17, 15) is 4.79 Å². The van der Waals surface area contributed by atoms with Gasteiger partial charge in [0, 0.05) is 31.3 Å². The van der Waals surface area contributed by atoms with Crippen LogP contribution in [0.15, 0.2) is 53.5 Å². The fraction of sp³-hybridized carbons (Fsp3) is 0.417. The topological polar surface area (TPSA) is 93.2 Å². The van der Waals surface area contributed by atoms with Crippen LogP contribution in [0.25, 0.3) is 0 Å². The number of carbonyl (C=O) groups is 1. The van der Waals surface area contributed by atoms with Gasteiger partial charge in [0.25, 0.3) is 0 Å². The monoisotopic (exact) mass is 440 g/mol. The average Bonchev–Trinajstić information content (AvgIpc) is 3.06. The first-order valence-corrected chi connectivity index (χ1v) is 11.1. The number of hydrogen-bond acceptors (Lipinski definition) is 5. The number of anilines is 1. The van der Waals surface area contributed by atoms with Crippen LogP contribution in [0.1, 0.15) is 26.2 Å². The van der Waals surface area contributed by atoms with Gasteiger partial charge in [0.2, 0.25) is 5.91 Å². The fourth-order valence-electron chi connectivity index (χ4n) is 2.97. The van der Waals surface area contributed by atoms with E-state index in [0.29, 0.717) is 44.6 Å². The van der Waals surface area contributed by atoms with Crippen LogP contribution in [0.5, 0.6) is 17.2 Å². The summed E-state index contributed by atoms with van der Waals surface area (Å²) in [4.78, 5) is 16.4. The second-order valence-electron chi connectivity index (χ2n) is 7.29. The van der Waals surface area contributed by atoms with Crippen LogP contribution < -0.4 is 30.2 Å². The molecule has 0 saturated heterocycles. The van der Waals surface area contributed by atoms with E-state index in [1.54, 1.807) is 0 Å². The highest BCUT2D eigenvalue weighted by Crippen LogP contribution is 2.32. The Hall–Kier alpha value is -3.42. The molecule has 0 saturated carbocycles. The van der Waals surface area contributed by atoms with E-state index in [0.717, 1.165) is 36.4 Å². The molecule has 0 fully saturated rings. The number of ether oxygens (including phenoxy) is 3. The minimum Gasteiger partial charge on any atom is -0.494 e. The summed E-state index contributed by atoms with van der Waals surface area (Å²) in [7, 11) is 0. The Morgan fingerprint density at radius 2 is 1.84 bits per heavy atom. The molecule has 8 heteroatoms. The zero-order chi connectivity index (χ0) is 22.4. The number of benzene rings is 2. The first-order chi connectivity index (χ1) is 15.7. The van der Waals surface area contributed by atoms with E-state index in [2.05, 4.69) is 20.9 Å². The number of rotatable bonds is 10. The average molecular weight is 441 g/mol. The van der Waals surface area contributed by atoms with Gasteiger partial charge in [-0.1, -0.05) is 25.1 Å². The molecular weight excluding hydrogens is 408 g/mol. The number of nitrogens with zero attached hydrogens (tertiary/aromatic N) is 1. The Labute approximate surface area is 189 Å². The van der Waals surface area contributed by atoms with Gasteiger partial charge in [-0.3, -0.25) is 4.79 Å². The van der Waals surface area contributed by atoms with Crippen molar-refractivity contribution in [3.8, 4) is 17.2 Å². The highest BCUT2D eigenvalue weighted by Gasteiger charge is 2.11. The molecule has 8 nitrogen and oxygen atoms in total. The van der Waals surface area contributed by atoms with Gasteiger partial charge in [0.05, 0.1) is 19.8 Å². The standard InChI is InChI=1S/C24H32N4O4/c1-2-12-25-23(29)18-27-24(26-13-6-14-30-20-8-4-3-5-9-20)28-19-10-11-21-22(17-19)32-16-7-15-31-21/h3-5,8-11,17H,2,6-7,12-16,18H2,1H3,(H,25,29)(H2,26,27,28). The van der Waals surface area contributed by atoms with Crippen molar-refractivity contribution in [1.29, 1.82) is 0 Å². The van der Waals surface area contributed by atoms with Crippen molar-refractivity contribution in [3.63, 3.8) is 0 Å². The van der Waals surface area contributed by atoms with Crippen LogP contribution in [0.3, 0.4) is 0 Å². The maximum atomic E-state index is 12.0. The SMILES string of the molecule is CCCNC(=O)CN=C(NCCCOc1ccccc1)Nc1ccc2c(c1)OCCCO2. The Morgan fingerprint density at radius 3 is 2.66 bits per heavy atom. The summed E-state index contributed by atoms with van der Waals surface area (Å²) in [5, 5.41) is 9.35. The van der Waals surface area contributed by atoms with Crippen LogP contribution in [0.2, 0.25) is 0 Å². The molecule has 2 aromatic carbocycles. The minimum absolute atomic E-state index is 0.0421. The number of carbonyl (C=O) groups excluding carboxylic acids is 1. The third kappa shape index (κ3) is 8.02. The molecule has 1 aliphatic rings. The van der Waals surface area contributed by atoms with Crippen molar-refractivity contribution >= 4 is 17.6 Å². The van der Waals surface area contributed by atoms with Crippen LogP contribution >= 0.6 is 0 Å². The number of amides is 1. The molecule has 0 aliphatic carbocycles. The van der Waals surface area contributed by atoms with Crippen LogP contribution in [-0.2, 0) is 4.79 Å².